The van der Waals surface area contributed by atoms with Gasteiger partial charge in [-0.2, -0.15) is 5.10 Å². The second-order valence-corrected chi connectivity index (χ2v) is 10.1. The molecule has 10 heteroatoms. The largest absolute Gasteiger partial charge is 0.497 e. The number of hydrogen-bond acceptors (Lipinski definition) is 7. The van der Waals surface area contributed by atoms with Crippen LogP contribution in [0.2, 0.25) is 0 Å². The van der Waals surface area contributed by atoms with Gasteiger partial charge in [-0.05, 0) is 41.3 Å². The van der Waals surface area contributed by atoms with Crippen molar-refractivity contribution in [2.75, 3.05) is 25.2 Å². The second-order valence-electron chi connectivity index (χ2n) is 7.45. The molecule has 3 aromatic rings. The van der Waals surface area contributed by atoms with Crippen LogP contribution in [0.25, 0.3) is 0 Å². The van der Waals surface area contributed by atoms with Crippen LogP contribution in [0.4, 0.5) is 5.69 Å². The number of carbonyl (C=O) groups excluding carboxylic acids is 1. The van der Waals surface area contributed by atoms with Crippen molar-refractivity contribution in [3.8, 4) is 11.5 Å². The highest BCUT2D eigenvalue weighted by Gasteiger charge is 2.35. The van der Waals surface area contributed by atoms with E-state index >= 15 is 0 Å². The fourth-order valence-electron chi connectivity index (χ4n) is 3.67. The minimum Gasteiger partial charge on any atom is -0.497 e. The third kappa shape index (κ3) is 5.01. The minimum atomic E-state index is -3.37. The molecule has 1 aliphatic rings. The fourth-order valence-corrected chi connectivity index (χ4v) is 4.89. The highest BCUT2D eigenvalue weighted by Crippen LogP contribution is 2.40. The Kier molecular flexibility index (Phi) is 6.39. The predicted molar refractivity (Wildman–Crippen MR) is 129 cm³/mol. The first-order valence-electron chi connectivity index (χ1n) is 10.0. The minimum absolute atomic E-state index is 0.196. The maximum Gasteiger partial charge on any atom is 0.284 e. The molecule has 1 atom stereocenters. The van der Waals surface area contributed by atoms with Crippen molar-refractivity contribution in [1.82, 2.24) is 5.01 Å². The van der Waals surface area contributed by atoms with Gasteiger partial charge in [0, 0.05) is 23.7 Å². The van der Waals surface area contributed by atoms with Gasteiger partial charge >= 0.3 is 0 Å². The van der Waals surface area contributed by atoms with Gasteiger partial charge in [0.05, 0.1) is 37.1 Å². The van der Waals surface area contributed by atoms with Crippen molar-refractivity contribution in [2.24, 2.45) is 5.10 Å². The molecule has 4 rings (SSSR count). The maximum atomic E-state index is 13.3. The Balaban J connectivity index is 1.70. The number of ether oxygens (including phenoxy) is 2. The molecule has 0 saturated heterocycles. The molecule has 1 aromatic heterocycles. The molecule has 172 valence electrons. The molecule has 33 heavy (non-hydrogen) atoms. The molecule has 1 N–H and O–H groups in total. The summed E-state index contributed by atoms with van der Waals surface area (Å²) in [4.78, 5) is 13.9. The molecule has 0 bridgehead atoms. The summed E-state index contributed by atoms with van der Waals surface area (Å²) in [5, 5.41) is 8.02. The van der Waals surface area contributed by atoms with E-state index in [2.05, 4.69) is 9.82 Å². The standard InChI is InChI=1S/C23H23N3O5S2/c1-30-17-10-11-18(21(13-17)31-2)20-14-19(24-26(20)23(27)22-5-4-12-32-22)15-6-8-16(9-7-15)25-33(3,28)29/h4-13,20,25H,14H2,1-3H3. The van der Waals surface area contributed by atoms with Crippen LogP contribution < -0.4 is 14.2 Å². The van der Waals surface area contributed by atoms with Gasteiger partial charge in [-0.3, -0.25) is 9.52 Å². The number of nitrogens with zero attached hydrogens (tertiary/aromatic N) is 2. The van der Waals surface area contributed by atoms with Gasteiger partial charge in [0.15, 0.2) is 0 Å². The number of hydrazone groups is 1. The van der Waals surface area contributed by atoms with Gasteiger partial charge in [-0.1, -0.05) is 18.2 Å². The molecular formula is C23H23N3O5S2. The van der Waals surface area contributed by atoms with Crippen molar-refractivity contribution in [1.29, 1.82) is 0 Å². The molecular weight excluding hydrogens is 462 g/mol. The molecule has 2 aromatic carbocycles. The molecule has 8 nitrogen and oxygen atoms in total. The molecule has 1 unspecified atom stereocenters. The number of nitrogens with one attached hydrogen (secondary N) is 1. The lowest BCUT2D eigenvalue weighted by Crippen LogP contribution is -2.26. The van der Waals surface area contributed by atoms with Crippen LogP contribution in [0.1, 0.15) is 33.3 Å². The number of rotatable bonds is 7. The number of amides is 1. The zero-order valence-corrected chi connectivity index (χ0v) is 19.9. The third-order valence-corrected chi connectivity index (χ3v) is 6.64. The molecule has 0 saturated carbocycles. The van der Waals surface area contributed by atoms with E-state index in [1.165, 1.54) is 16.3 Å². The number of hydrogen-bond donors (Lipinski definition) is 1. The number of anilines is 1. The first kappa shape index (κ1) is 22.8. The summed E-state index contributed by atoms with van der Waals surface area (Å²) in [5.41, 5.74) is 2.79. The molecule has 1 amide bonds. The molecule has 0 spiro atoms. The van der Waals surface area contributed by atoms with Gasteiger partial charge in [0.2, 0.25) is 10.0 Å². The Morgan fingerprint density at radius 2 is 1.88 bits per heavy atom. The highest BCUT2D eigenvalue weighted by atomic mass is 32.2. The van der Waals surface area contributed by atoms with E-state index in [1.54, 1.807) is 50.6 Å². The highest BCUT2D eigenvalue weighted by molar-refractivity contribution is 7.92. The van der Waals surface area contributed by atoms with Gasteiger partial charge in [0.25, 0.3) is 5.91 Å². The SMILES string of the molecule is COc1ccc(C2CC(c3ccc(NS(C)(=O)=O)cc3)=NN2C(=O)c2cccs2)c(OC)c1. The average Bonchev–Trinajstić information content (AvgIpc) is 3.48. The average molecular weight is 486 g/mol. The Hall–Kier alpha value is -3.37. The normalized spacial score (nSPS) is 15.8. The quantitative estimate of drug-likeness (QED) is 0.543. The van der Waals surface area contributed by atoms with E-state index in [9.17, 15) is 13.2 Å². The van der Waals surface area contributed by atoms with Gasteiger partial charge in [-0.15, -0.1) is 11.3 Å². The van der Waals surface area contributed by atoms with Gasteiger partial charge in [0.1, 0.15) is 11.5 Å². The first-order chi connectivity index (χ1) is 15.8. The summed E-state index contributed by atoms with van der Waals surface area (Å²) in [6.45, 7) is 0. The van der Waals surface area contributed by atoms with E-state index in [-0.39, 0.29) is 11.9 Å². The summed E-state index contributed by atoms with van der Waals surface area (Å²) in [5.74, 6) is 1.06. The van der Waals surface area contributed by atoms with Crippen molar-refractivity contribution in [2.45, 2.75) is 12.5 Å². The predicted octanol–water partition coefficient (Wildman–Crippen LogP) is 4.13. The van der Waals surface area contributed by atoms with Crippen LogP contribution in [0.5, 0.6) is 11.5 Å². The zero-order chi connectivity index (χ0) is 23.6. The van der Waals surface area contributed by atoms with Gasteiger partial charge in [-0.25, -0.2) is 13.4 Å². The molecule has 1 aliphatic heterocycles. The van der Waals surface area contributed by atoms with Crippen molar-refractivity contribution in [3.63, 3.8) is 0 Å². The number of thiophene rings is 1. The summed E-state index contributed by atoms with van der Waals surface area (Å²) >= 11 is 1.36. The van der Waals surface area contributed by atoms with Crippen LogP contribution in [0, 0.1) is 0 Å². The number of benzene rings is 2. The third-order valence-electron chi connectivity index (χ3n) is 5.17. The Labute approximate surface area is 196 Å². The summed E-state index contributed by atoms with van der Waals surface area (Å²) in [6.07, 6.45) is 1.57. The lowest BCUT2D eigenvalue weighted by atomic mass is 9.97. The van der Waals surface area contributed by atoms with Crippen LogP contribution >= 0.6 is 11.3 Å². The van der Waals surface area contributed by atoms with Crippen LogP contribution in [-0.4, -0.2) is 45.5 Å². The lowest BCUT2D eigenvalue weighted by molar-refractivity contribution is 0.0714. The molecule has 0 fully saturated rings. The second kappa shape index (κ2) is 9.24. The summed E-state index contributed by atoms with van der Waals surface area (Å²) in [7, 11) is -0.208. The first-order valence-corrected chi connectivity index (χ1v) is 12.8. The van der Waals surface area contributed by atoms with Crippen LogP contribution in [0.3, 0.4) is 0 Å². The van der Waals surface area contributed by atoms with E-state index in [4.69, 9.17) is 9.47 Å². The van der Waals surface area contributed by atoms with Crippen LogP contribution in [-0.2, 0) is 10.0 Å². The molecule has 0 radical (unpaired) electrons. The van der Waals surface area contributed by atoms with Crippen molar-refractivity contribution in [3.05, 3.63) is 76.0 Å². The topological polar surface area (TPSA) is 97.3 Å². The monoisotopic (exact) mass is 485 g/mol. The summed E-state index contributed by atoms with van der Waals surface area (Å²) in [6, 6.07) is 15.6. The smallest absolute Gasteiger partial charge is 0.284 e. The Morgan fingerprint density at radius 3 is 2.48 bits per heavy atom. The van der Waals surface area contributed by atoms with E-state index < -0.39 is 10.0 Å². The van der Waals surface area contributed by atoms with Crippen molar-refractivity contribution >= 4 is 38.7 Å². The Bertz CT molecular complexity index is 1290. The van der Waals surface area contributed by atoms with E-state index in [0.29, 0.717) is 34.2 Å². The zero-order valence-electron chi connectivity index (χ0n) is 18.3. The Morgan fingerprint density at radius 1 is 1.12 bits per heavy atom. The number of sulfonamides is 1. The van der Waals surface area contributed by atoms with E-state index in [0.717, 1.165) is 17.4 Å². The summed E-state index contributed by atoms with van der Waals surface area (Å²) < 4.78 is 36.3. The van der Waals surface area contributed by atoms with Crippen LogP contribution in [0.15, 0.2) is 65.1 Å². The fraction of sp³-hybridized carbons (Fsp3) is 0.217. The molecule has 2 heterocycles. The maximum absolute atomic E-state index is 13.3. The lowest BCUT2D eigenvalue weighted by Gasteiger charge is -2.23. The van der Waals surface area contributed by atoms with Crippen molar-refractivity contribution < 1.29 is 22.7 Å². The molecule has 0 aliphatic carbocycles. The number of methoxy groups -OCH3 is 2. The number of carbonyl (C=O) groups is 1. The van der Waals surface area contributed by atoms with Gasteiger partial charge < -0.3 is 9.47 Å². The van der Waals surface area contributed by atoms with E-state index in [1.807, 2.05) is 23.6 Å².